The maximum Gasteiger partial charge on any atom is 0.416 e. The van der Waals surface area contributed by atoms with E-state index in [1.54, 1.807) is 11.3 Å². The van der Waals surface area contributed by atoms with E-state index in [0.29, 0.717) is 0 Å². The molecule has 0 bridgehead atoms. The molecular weight excluding hydrogens is 343 g/mol. The molecule has 3 aromatic rings. The molecule has 0 amide bonds. The van der Waals surface area contributed by atoms with Gasteiger partial charge in [0.25, 0.3) is 0 Å². The molecule has 0 radical (unpaired) electrons. The van der Waals surface area contributed by atoms with Gasteiger partial charge in [0, 0.05) is 17.0 Å². The first-order valence-corrected chi connectivity index (χ1v) is 8.64. The zero-order valence-electron chi connectivity index (χ0n) is 13.1. The van der Waals surface area contributed by atoms with Crippen molar-refractivity contribution >= 4 is 28.0 Å². The average Bonchev–Trinajstić information content (AvgIpc) is 3.05. The molecule has 5 heteroatoms. The average molecular weight is 357 g/mol. The van der Waals surface area contributed by atoms with Gasteiger partial charge in [0.2, 0.25) is 0 Å². The first-order chi connectivity index (χ1) is 12.0. The van der Waals surface area contributed by atoms with Crippen LogP contribution in [0, 0.1) is 0 Å². The van der Waals surface area contributed by atoms with Crippen LogP contribution in [-0.4, -0.2) is 6.54 Å². The minimum absolute atomic E-state index is 0.623. The third-order valence-corrected chi connectivity index (χ3v) is 5.33. The molecule has 0 atom stereocenters. The van der Waals surface area contributed by atoms with Crippen LogP contribution in [0.5, 0.6) is 0 Å². The number of alkyl halides is 3. The SMILES string of the molecule is FC(F)(F)c1ccc(-c2cc3c(s2)NCC(c2ccccc2)=C3)cc1. The number of hydrogen-bond donors (Lipinski definition) is 1. The van der Waals surface area contributed by atoms with E-state index in [1.165, 1.54) is 23.3 Å². The van der Waals surface area contributed by atoms with Crippen molar-refractivity contribution in [3.05, 3.63) is 77.4 Å². The summed E-state index contributed by atoms with van der Waals surface area (Å²) in [5.41, 5.74) is 3.61. The first kappa shape index (κ1) is 16.0. The van der Waals surface area contributed by atoms with Crippen LogP contribution in [0.3, 0.4) is 0 Å². The second-order valence-corrected chi connectivity index (χ2v) is 6.91. The zero-order valence-corrected chi connectivity index (χ0v) is 13.9. The van der Waals surface area contributed by atoms with Crippen LogP contribution in [0.4, 0.5) is 18.2 Å². The Bertz CT molecular complexity index is 922. The van der Waals surface area contributed by atoms with E-state index in [-0.39, 0.29) is 0 Å². The summed E-state index contributed by atoms with van der Waals surface area (Å²) >= 11 is 1.56. The van der Waals surface area contributed by atoms with Crippen LogP contribution in [0.25, 0.3) is 22.1 Å². The molecule has 1 nitrogen and oxygen atoms in total. The predicted molar refractivity (Wildman–Crippen MR) is 97.6 cm³/mol. The molecule has 1 aliphatic rings. The minimum Gasteiger partial charge on any atom is -0.372 e. The Morgan fingerprint density at radius 1 is 0.880 bits per heavy atom. The number of fused-ring (bicyclic) bond motifs is 1. The highest BCUT2D eigenvalue weighted by atomic mass is 32.1. The van der Waals surface area contributed by atoms with Crippen molar-refractivity contribution in [1.82, 2.24) is 0 Å². The van der Waals surface area contributed by atoms with Gasteiger partial charge in [0.05, 0.1) is 10.6 Å². The number of anilines is 1. The van der Waals surface area contributed by atoms with Crippen LogP contribution in [0.15, 0.2) is 60.7 Å². The number of rotatable bonds is 2. The summed E-state index contributed by atoms with van der Waals surface area (Å²) in [6.07, 6.45) is -2.16. The molecule has 1 aliphatic heterocycles. The van der Waals surface area contributed by atoms with Crippen molar-refractivity contribution < 1.29 is 13.2 Å². The van der Waals surface area contributed by atoms with E-state index < -0.39 is 11.7 Å². The number of benzene rings is 2. The maximum atomic E-state index is 12.7. The van der Waals surface area contributed by atoms with Gasteiger partial charge in [0.1, 0.15) is 0 Å². The van der Waals surface area contributed by atoms with Crippen molar-refractivity contribution in [2.24, 2.45) is 0 Å². The van der Waals surface area contributed by atoms with Gasteiger partial charge in [-0.15, -0.1) is 11.3 Å². The summed E-state index contributed by atoms with van der Waals surface area (Å²) in [7, 11) is 0. The van der Waals surface area contributed by atoms with E-state index >= 15 is 0 Å². The van der Waals surface area contributed by atoms with Gasteiger partial charge < -0.3 is 5.32 Å². The van der Waals surface area contributed by atoms with Crippen LogP contribution < -0.4 is 5.32 Å². The summed E-state index contributed by atoms with van der Waals surface area (Å²) in [5, 5.41) is 4.46. The molecule has 0 saturated heterocycles. The van der Waals surface area contributed by atoms with Gasteiger partial charge in [-0.05, 0) is 41.0 Å². The quantitative estimate of drug-likeness (QED) is 0.559. The van der Waals surface area contributed by atoms with Gasteiger partial charge in [-0.1, -0.05) is 42.5 Å². The van der Waals surface area contributed by atoms with Crippen molar-refractivity contribution in [2.75, 3.05) is 11.9 Å². The zero-order chi connectivity index (χ0) is 17.4. The Labute approximate surface area is 147 Å². The van der Waals surface area contributed by atoms with E-state index in [4.69, 9.17) is 0 Å². The molecule has 0 unspecified atom stereocenters. The van der Waals surface area contributed by atoms with E-state index in [2.05, 4.69) is 23.5 Å². The Morgan fingerprint density at radius 2 is 1.60 bits per heavy atom. The molecule has 126 valence electrons. The Morgan fingerprint density at radius 3 is 2.28 bits per heavy atom. The van der Waals surface area contributed by atoms with Gasteiger partial charge in [-0.25, -0.2) is 0 Å². The van der Waals surface area contributed by atoms with Gasteiger partial charge in [-0.3, -0.25) is 0 Å². The number of thiophene rings is 1. The van der Waals surface area contributed by atoms with Crippen LogP contribution in [0.1, 0.15) is 16.7 Å². The van der Waals surface area contributed by atoms with Crippen LogP contribution >= 0.6 is 11.3 Å². The van der Waals surface area contributed by atoms with E-state index in [9.17, 15) is 13.2 Å². The molecule has 0 saturated carbocycles. The summed E-state index contributed by atoms with van der Waals surface area (Å²) in [6.45, 7) is 0.740. The molecule has 4 rings (SSSR count). The third kappa shape index (κ3) is 3.20. The molecule has 25 heavy (non-hydrogen) atoms. The van der Waals surface area contributed by atoms with Crippen molar-refractivity contribution in [2.45, 2.75) is 6.18 Å². The molecule has 1 N–H and O–H groups in total. The van der Waals surface area contributed by atoms with Gasteiger partial charge in [-0.2, -0.15) is 13.2 Å². The van der Waals surface area contributed by atoms with Crippen molar-refractivity contribution in [3.63, 3.8) is 0 Å². The lowest BCUT2D eigenvalue weighted by Gasteiger charge is -2.15. The second kappa shape index (κ2) is 6.08. The fourth-order valence-electron chi connectivity index (χ4n) is 2.87. The molecule has 0 aliphatic carbocycles. The highest BCUT2D eigenvalue weighted by Gasteiger charge is 2.30. The Balaban J connectivity index is 1.65. The highest BCUT2D eigenvalue weighted by Crippen LogP contribution is 2.40. The predicted octanol–water partition coefficient (Wildman–Crippen LogP) is 6.40. The van der Waals surface area contributed by atoms with Gasteiger partial charge in [0.15, 0.2) is 0 Å². The minimum atomic E-state index is -4.30. The Kier molecular flexibility index (Phi) is 3.88. The standard InChI is InChI=1S/C20H14F3NS/c21-20(22,23)17-8-6-14(7-9-17)18-11-15-10-16(12-24-19(15)25-18)13-4-2-1-3-5-13/h1-11,24H,12H2. The van der Waals surface area contributed by atoms with Crippen LogP contribution in [-0.2, 0) is 6.18 Å². The Hall–Kier alpha value is -2.53. The van der Waals surface area contributed by atoms with Crippen molar-refractivity contribution in [3.8, 4) is 10.4 Å². The van der Waals surface area contributed by atoms with Crippen molar-refractivity contribution in [1.29, 1.82) is 0 Å². The summed E-state index contributed by atoms with van der Waals surface area (Å²) < 4.78 is 38.1. The second-order valence-electron chi connectivity index (χ2n) is 5.86. The largest absolute Gasteiger partial charge is 0.416 e. The topological polar surface area (TPSA) is 12.0 Å². The summed E-state index contributed by atoms with van der Waals surface area (Å²) in [5.74, 6) is 0. The molecular formula is C20H14F3NS. The summed E-state index contributed by atoms with van der Waals surface area (Å²) in [6, 6.07) is 17.5. The number of nitrogens with one attached hydrogen (secondary N) is 1. The fraction of sp³-hybridized carbons (Fsp3) is 0.100. The number of hydrogen-bond acceptors (Lipinski definition) is 2. The molecule has 0 fully saturated rings. The lowest BCUT2D eigenvalue weighted by molar-refractivity contribution is -0.137. The highest BCUT2D eigenvalue weighted by molar-refractivity contribution is 7.19. The first-order valence-electron chi connectivity index (χ1n) is 7.82. The van der Waals surface area contributed by atoms with E-state index in [0.717, 1.165) is 39.7 Å². The molecule has 1 aromatic heterocycles. The third-order valence-electron chi connectivity index (χ3n) is 4.17. The number of halogens is 3. The fourth-order valence-corrected chi connectivity index (χ4v) is 3.91. The molecule has 2 aromatic carbocycles. The van der Waals surface area contributed by atoms with Crippen LogP contribution in [0.2, 0.25) is 0 Å². The molecule has 2 heterocycles. The lowest BCUT2D eigenvalue weighted by Crippen LogP contribution is -2.07. The van der Waals surface area contributed by atoms with E-state index in [1.807, 2.05) is 24.3 Å². The molecule has 0 spiro atoms. The van der Waals surface area contributed by atoms with Gasteiger partial charge >= 0.3 is 6.18 Å². The smallest absolute Gasteiger partial charge is 0.372 e. The normalized spacial score (nSPS) is 13.8. The maximum absolute atomic E-state index is 12.7. The monoisotopic (exact) mass is 357 g/mol. The summed E-state index contributed by atoms with van der Waals surface area (Å²) in [4.78, 5) is 0.955. The lowest BCUT2D eigenvalue weighted by atomic mass is 10.0.